The monoisotopic (exact) mass is 453 g/mol. The van der Waals surface area contributed by atoms with Crippen LogP contribution < -0.4 is 14.8 Å². The first kappa shape index (κ1) is 24.5. The first-order valence-electron chi connectivity index (χ1n) is 11.6. The summed E-state index contributed by atoms with van der Waals surface area (Å²) >= 11 is 0. The number of carbonyl (C=O) groups is 1. The van der Waals surface area contributed by atoms with E-state index in [0.29, 0.717) is 36.8 Å². The number of fused-ring (bicyclic) bond motifs is 1. The summed E-state index contributed by atoms with van der Waals surface area (Å²) in [6.07, 6.45) is 5.58. The minimum atomic E-state index is -0.231. The molecule has 1 atom stereocenters. The summed E-state index contributed by atoms with van der Waals surface area (Å²) < 4.78 is 11.3. The average Bonchev–Trinajstić information content (AvgIpc) is 3.30. The Morgan fingerprint density at radius 1 is 1.18 bits per heavy atom. The number of aliphatic hydroxyl groups is 1. The molecule has 1 heterocycles. The first-order chi connectivity index (χ1) is 16.1. The van der Waals surface area contributed by atoms with Gasteiger partial charge in [0.2, 0.25) is 0 Å². The minimum absolute atomic E-state index is 0.0115. The van der Waals surface area contributed by atoms with Gasteiger partial charge in [0, 0.05) is 48.0 Å². The topological polar surface area (TPSA) is 86.8 Å². The Balaban J connectivity index is 1.78. The van der Waals surface area contributed by atoms with Crippen molar-refractivity contribution in [3.8, 4) is 11.5 Å². The molecule has 7 heteroatoms. The van der Waals surface area contributed by atoms with Crippen LogP contribution in [0.15, 0.2) is 48.7 Å². The van der Waals surface area contributed by atoms with Gasteiger partial charge in [0.05, 0.1) is 13.7 Å². The van der Waals surface area contributed by atoms with Crippen LogP contribution in [0, 0.1) is 0 Å². The van der Waals surface area contributed by atoms with E-state index in [9.17, 15) is 9.90 Å². The maximum atomic E-state index is 13.3. The molecule has 0 aliphatic rings. The van der Waals surface area contributed by atoms with Crippen molar-refractivity contribution in [3.63, 3.8) is 0 Å². The maximum absolute atomic E-state index is 13.3. The van der Waals surface area contributed by atoms with Crippen molar-refractivity contribution < 1.29 is 19.4 Å². The summed E-state index contributed by atoms with van der Waals surface area (Å²) in [6, 6.07) is 13.1. The van der Waals surface area contributed by atoms with Gasteiger partial charge in [-0.2, -0.15) is 0 Å². The number of carbonyl (C=O) groups excluding carboxylic acids is 1. The highest BCUT2D eigenvalue weighted by molar-refractivity contribution is 5.90. The normalized spacial score (nSPS) is 11.9. The number of hydrogen-bond donors (Lipinski definition) is 3. The lowest BCUT2D eigenvalue weighted by Gasteiger charge is -2.29. The minimum Gasteiger partial charge on any atom is -0.493 e. The number of nitrogens with one attached hydrogen (secondary N) is 2. The van der Waals surface area contributed by atoms with Crippen molar-refractivity contribution in [2.45, 2.75) is 52.1 Å². The SMILES string of the molecule is CCCCCOc1cc(NC(=O)N(Cc2cccc3[nH]ccc23)[C@@H](C)CCO)ccc1OC. The fraction of sp³-hybridized carbons (Fsp3) is 0.423. The second kappa shape index (κ2) is 12.2. The van der Waals surface area contributed by atoms with Crippen LogP contribution in [-0.4, -0.2) is 47.4 Å². The number of H-pyrrole nitrogens is 1. The predicted octanol–water partition coefficient (Wildman–Crippen LogP) is 5.55. The third kappa shape index (κ3) is 6.42. The Hall–Kier alpha value is -3.19. The van der Waals surface area contributed by atoms with E-state index >= 15 is 0 Å². The smallest absolute Gasteiger partial charge is 0.322 e. The van der Waals surface area contributed by atoms with Gasteiger partial charge in [-0.1, -0.05) is 31.9 Å². The van der Waals surface area contributed by atoms with Crippen molar-refractivity contribution in [3.05, 3.63) is 54.2 Å². The number of rotatable bonds is 12. The molecule has 3 aromatic rings. The van der Waals surface area contributed by atoms with E-state index < -0.39 is 0 Å². The zero-order chi connectivity index (χ0) is 23.6. The number of ether oxygens (including phenoxy) is 2. The highest BCUT2D eigenvalue weighted by Gasteiger charge is 2.22. The summed E-state index contributed by atoms with van der Waals surface area (Å²) in [7, 11) is 1.60. The fourth-order valence-electron chi connectivity index (χ4n) is 3.84. The molecule has 3 rings (SSSR count). The van der Waals surface area contributed by atoms with Crippen LogP contribution in [0.1, 0.15) is 45.1 Å². The summed E-state index contributed by atoms with van der Waals surface area (Å²) in [5, 5.41) is 13.6. The number of hydrogen-bond acceptors (Lipinski definition) is 4. The van der Waals surface area contributed by atoms with Gasteiger partial charge in [-0.3, -0.25) is 0 Å². The number of anilines is 1. The lowest BCUT2D eigenvalue weighted by atomic mass is 10.1. The van der Waals surface area contributed by atoms with Crippen molar-refractivity contribution >= 4 is 22.6 Å². The molecule has 178 valence electrons. The Bertz CT molecular complexity index is 1030. The molecule has 0 aliphatic carbocycles. The van der Waals surface area contributed by atoms with E-state index in [1.165, 1.54) is 0 Å². The van der Waals surface area contributed by atoms with Gasteiger partial charge in [-0.05, 0) is 49.6 Å². The van der Waals surface area contributed by atoms with Gasteiger partial charge in [-0.25, -0.2) is 4.79 Å². The van der Waals surface area contributed by atoms with E-state index in [0.717, 1.165) is 35.7 Å². The highest BCUT2D eigenvalue weighted by Crippen LogP contribution is 2.31. The number of urea groups is 1. The van der Waals surface area contributed by atoms with E-state index in [1.807, 2.05) is 37.4 Å². The second-order valence-electron chi connectivity index (χ2n) is 8.20. The zero-order valence-corrected chi connectivity index (χ0v) is 19.8. The Morgan fingerprint density at radius 3 is 2.79 bits per heavy atom. The molecule has 2 aromatic carbocycles. The van der Waals surface area contributed by atoms with Gasteiger partial charge < -0.3 is 29.8 Å². The fourth-order valence-corrected chi connectivity index (χ4v) is 3.84. The van der Waals surface area contributed by atoms with Gasteiger partial charge in [0.1, 0.15) is 0 Å². The quantitative estimate of drug-likeness (QED) is 0.314. The largest absolute Gasteiger partial charge is 0.493 e. The molecule has 33 heavy (non-hydrogen) atoms. The van der Waals surface area contributed by atoms with Crippen LogP contribution >= 0.6 is 0 Å². The molecule has 0 aliphatic heterocycles. The summed E-state index contributed by atoms with van der Waals surface area (Å²) in [6.45, 7) is 5.14. The van der Waals surface area contributed by atoms with Gasteiger partial charge in [-0.15, -0.1) is 0 Å². The molecule has 2 amide bonds. The van der Waals surface area contributed by atoms with Crippen LogP contribution in [0.4, 0.5) is 10.5 Å². The average molecular weight is 454 g/mol. The lowest BCUT2D eigenvalue weighted by Crippen LogP contribution is -2.41. The molecule has 7 nitrogen and oxygen atoms in total. The molecule has 0 bridgehead atoms. The third-order valence-corrected chi connectivity index (χ3v) is 5.79. The maximum Gasteiger partial charge on any atom is 0.322 e. The van der Waals surface area contributed by atoms with E-state index in [1.54, 1.807) is 30.2 Å². The Kier molecular flexibility index (Phi) is 9.01. The number of aromatic nitrogens is 1. The van der Waals surface area contributed by atoms with E-state index in [-0.39, 0.29) is 18.7 Å². The van der Waals surface area contributed by atoms with Crippen molar-refractivity contribution in [2.75, 3.05) is 25.6 Å². The molecule has 0 radical (unpaired) electrons. The summed E-state index contributed by atoms with van der Waals surface area (Å²) in [5.41, 5.74) is 2.71. The number of benzene rings is 2. The van der Waals surface area contributed by atoms with E-state index in [4.69, 9.17) is 9.47 Å². The van der Waals surface area contributed by atoms with Crippen molar-refractivity contribution in [2.24, 2.45) is 0 Å². The summed E-state index contributed by atoms with van der Waals surface area (Å²) in [5.74, 6) is 1.24. The first-order valence-corrected chi connectivity index (χ1v) is 11.6. The van der Waals surface area contributed by atoms with Crippen LogP contribution in [0.5, 0.6) is 11.5 Å². The molecule has 0 spiro atoms. The number of methoxy groups -OCH3 is 1. The lowest BCUT2D eigenvalue weighted by molar-refractivity contribution is 0.170. The van der Waals surface area contributed by atoms with Crippen LogP contribution in [0.25, 0.3) is 10.9 Å². The van der Waals surface area contributed by atoms with Crippen LogP contribution in [-0.2, 0) is 6.54 Å². The number of unbranched alkanes of at least 4 members (excludes halogenated alkanes) is 2. The molecule has 0 saturated carbocycles. The Morgan fingerprint density at radius 2 is 2.03 bits per heavy atom. The van der Waals surface area contributed by atoms with Crippen molar-refractivity contribution in [1.82, 2.24) is 9.88 Å². The molecular weight excluding hydrogens is 418 g/mol. The number of amides is 2. The molecule has 0 fully saturated rings. The molecule has 1 aromatic heterocycles. The van der Waals surface area contributed by atoms with Crippen LogP contribution in [0.3, 0.4) is 0 Å². The number of nitrogens with zero attached hydrogens (tertiary/aromatic N) is 1. The molecular formula is C26H35N3O4. The molecule has 3 N–H and O–H groups in total. The van der Waals surface area contributed by atoms with Crippen molar-refractivity contribution in [1.29, 1.82) is 0 Å². The van der Waals surface area contributed by atoms with Crippen LogP contribution in [0.2, 0.25) is 0 Å². The Labute approximate surface area is 195 Å². The third-order valence-electron chi connectivity index (χ3n) is 5.79. The number of aromatic amines is 1. The summed E-state index contributed by atoms with van der Waals surface area (Å²) in [4.78, 5) is 18.3. The molecule has 0 unspecified atom stereocenters. The van der Waals surface area contributed by atoms with Gasteiger partial charge >= 0.3 is 6.03 Å². The van der Waals surface area contributed by atoms with Gasteiger partial charge in [0.25, 0.3) is 0 Å². The predicted molar refractivity (Wildman–Crippen MR) is 132 cm³/mol. The second-order valence-corrected chi connectivity index (χ2v) is 8.20. The zero-order valence-electron chi connectivity index (χ0n) is 19.8. The molecule has 0 saturated heterocycles. The highest BCUT2D eigenvalue weighted by atomic mass is 16.5. The number of aliphatic hydroxyl groups excluding tert-OH is 1. The van der Waals surface area contributed by atoms with E-state index in [2.05, 4.69) is 17.2 Å². The standard InChI is InChI=1S/C26H35N3O4/c1-4-5-6-16-33-25-17-21(10-11-24(25)32-3)28-26(31)29(19(2)13-15-30)18-20-8-7-9-23-22(20)12-14-27-23/h7-12,14,17,19,27,30H,4-6,13,15-16,18H2,1-3H3,(H,28,31)/t19-/m0/s1. The van der Waals surface area contributed by atoms with Gasteiger partial charge in [0.15, 0.2) is 11.5 Å².